The Morgan fingerprint density at radius 2 is 0.375 bits per heavy atom. The van der Waals surface area contributed by atoms with Crippen molar-refractivity contribution in [2.24, 2.45) is 0 Å². The maximum Gasteiger partial charge on any atom is -0.0273 e. The van der Waals surface area contributed by atoms with Gasteiger partial charge in [-0.05, 0) is 92.0 Å². The molecule has 0 spiro atoms. The Kier molecular flexibility index (Phi) is 40.3. The number of hydrogen-bond donors (Lipinski definition) is 0. The molecule has 1 aromatic carbocycles. The molecule has 0 fully saturated rings. The van der Waals surface area contributed by atoms with Gasteiger partial charge in [0.25, 0.3) is 0 Å². The zero-order valence-electron chi connectivity index (χ0n) is 39.9. The lowest BCUT2D eigenvalue weighted by Gasteiger charge is -2.24. The molecule has 0 aromatic heterocycles. The third-order valence-corrected chi connectivity index (χ3v) is 13.3. The predicted molar refractivity (Wildman–Crippen MR) is 258 cm³/mol. The molecule has 0 heterocycles. The van der Waals surface area contributed by atoms with Gasteiger partial charge in [0.1, 0.15) is 0 Å². The van der Waals surface area contributed by atoms with Gasteiger partial charge in [0.05, 0.1) is 0 Å². The average Bonchev–Trinajstić information content (AvgIpc) is 3.21. The summed E-state index contributed by atoms with van der Waals surface area (Å²) in [5.41, 5.74) is 9.26. The molecule has 0 unspecified atom stereocenters. The second kappa shape index (κ2) is 42.3. The van der Waals surface area contributed by atoms with Crippen LogP contribution in [-0.2, 0) is 32.1 Å². The third kappa shape index (κ3) is 30.3. The quantitative estimate of drug-likeness (QED) is 0.0579. The van der Waals surface area contributed by atoms with E-state index in [9.17, 15) is 0 Å². The van der Waals surface area contributed by atoms with Gasteiger partial charge in [0.2, 0.25) is 0 Å². The molecule has 56 heavy (non-hydrogen) atoms. The van der Waals surface area contributed by atoms with Crippen LogP contribution in [0.1, 0.15) is 319 Å². The standard InChI is InChI=1S/C56H106/c1-6-11-16-21-26-31-36-41-46-52-51-53(47-42-37-32-27-22-17-12-7-2)55(49-44-39-34-29-24-19-14-9-4)56(50-45-40-35-30-25-20-15-10-5)54(52)48-43-38-33-28-23-18-13-8-3/h51H,6-50H2,1-5H3. The fourth-order valence-corrected chi connectivity index (χ4v) is 9.53. The van der Waals surface area contributed by atoms with E-state index in [1.165, 1.54) is 289 Å². The van der Waals surface area contributed by atoms with E-state index in [1.807, 2.05) is 27.8 Å². The molecule has 0 heteroatoms. The molecular formula is C56H106. The van der Waals surface area contributed by atoms with Crippen molar-refractivity contribution < 1.29 is 0 Å². The van der Waals surface area contributed by atoms with Gasteiger partial charge in [-0.15, -0.1) is 0 Å². The summed E-state index contributed by atoms with van der Waals surface area (Å²) in [6.45, 7) is 11.7. The Labute approximate surface area is 356 Å². The summed E-state index contributed by atoms with van der Waals surface area (Å²) in [7, 11) is 0. The van der Waals surface area contributed by atoms with Crippen molar-refractivity contribution in [2.45, 2.75) is 324 Å². The molecule has 0 nitrogen and oxygen atoms in total. The Morgan fingerprint density at radius 1 is 0.196 bits per heavy atom. The largest absolute Gasteiger partial charge is 0.0654 e. The molecule has 0 saturated carbocycles. The molecule has 0 aliphatic carbocycles. The van der Waals surface area contributed by atoms with Crippen molar-refractivity contribution >= 4 is 0 Å². The van der Waals surface area contributed by atoms with Crippen molar-refractivity contribution in [3.63, 3.8) is 0 Å². The molecule has 0 amide bonds. The highest BCUT2D eigenvalue weighted by Crippen LogP contribution is 2.32. The molecule has 1 aromatic rings. The second-order valence-electron chi connectivity index (χ2n) is 18.8. The van der Waals surface area contributed by atoms with Gasteiger partial charge in [-0.2, -0.15) is 0 Å². The summed E-state index contributed by atoms with van der Waals surface area (Å²) in [4.78, 5) is 0. The molecule has 1 rings (SSSR count). The lowest BCUT2D eigenvalue weighted by atomic mass is 9.81. The summed E-state index contributed by atoms with van der Waals surface area (Å²) in [6.07, 6.45) is 64.0. The minimum absolute atomic E-state index is 1.34. The summed E-state index contributed by atoms with van der Waals surface area (Å²) < 4.78 is 0. The van der Waals surface area contributed by atoms with Gasteiger partial charge in [0, 0.05) is 0 Å². The van der Waals surface area contributed by atoms with Crippen molar-refractivity contribution in [1.82, 2.24) is 0 Å². The molecule has 0 N–H and O–H groups in total. The fourth-order valence-electron chi connectivity index (χ4n) is 9.53. The SMILES string of the molecule is CCCCCCCCCCc1cc(CCCCCCCCCC)c(CCCCCCCCCC)c(CCCCCCCCCC)c1CCCCCCCCCC. The van der Waals surface area contributed by atoms with Gasteiger partial charge in [-0.25, -0.2) is 0 Å². The van der Waals surface area contributed by atoms with Crippen LogP contribution in [0.2, 0.25) is 0 Å². The first-order valence-corrected chi connectivity index (χ1v) is 26.9. The van der Waals surface area contributed by atoms with Gasteiger partial charge in [0.15, 0.2) is 0 Å². The van der Waals surface area contributed by atoms with Crippen molar-refractivity contribution in [3.8, 4) is 0 Å². The van der Waals surface area contributed by atoms with E-state index in [2.05, 4.69) is 40.7 Å². The minimum Gasteiger partial charge on any atom is -0.0654 e. The summed E-state index contributed by atoms with van der Waals surface area (Å²) >= 11 is 0. The lowest BCUT2D eigenvalue weighted by molar-refractivity contribution is 0.561. The lowest BCUT2D eigenvalue weighted by Crippen LogP contribution is -2.11. The summed E-state index contributed by atoms with van der Waals surface area (Å²) in [5, 5.41) is 0. The highest BCUT2D eigenvalue weighted by molar-refractivity contribution is 5.47. The Hall–Kier alpha value is -0.780. The van der Waals surface area contributed by atoms with Crippen LogP contribution in [0.25, 0.3) is 0 Å². The zero-order valence-corrected chi connectivity index (χ0v) is 39.9. The molecule has 0 bridgehead atoms. The van der Waals surface area contributed by atoms with Crippen LogP contribution >= 0.6 is 0 Å². The van der Waals surface area contributed by atoms with Gasteiger partial charge >= 0.3 is 0 Å². The summed E-state index contributed by atoms with van der Waals surface area (Å²) in [5.74, 6) is 0. The maximum absolute atomic E-state index is 2.85. The molecule has 0 aliphatic rings. The van der Waals surface area contributed by atoms with E-state index in [0.29, 0.717) is 0 Å². The zero-order chi connectivity index (χ0) is 40.4. The first-order chi connectivity index (χ1) is 27.7. The van der Waals surface area contributed by atoms with Gasteiger partial charge < -0.3 is 0 Å². The van der Waals surface area contributed by atoms with Crippen LogP contribution in [-0.4, -0.2) is 0 Å². The van der Waals surface area contributed by atoms with Gasteiger partial charge in [-0.1, -0.05) is 265 Å². The number of rotatable bonds is 45. The van der Waals surface area contributed by atoms with Crippen LogP contribution in [0, 0.1) is 0 Å². The van der Waals surface area contributed by atoms with Crippen LogP contribution in [0.5, 0.6) is 0 Å². The molecule has 0 atom stereocenters. The number of aryl methyl sites for hydroxylation is 2. The van der Waals surface area contributed by atoms with Crippen LogP contribution in [0.3, 0.4) is 0 Å². The molecule has 330 valence electrons. The van der Waals surface area contributed by atoms with E-state index in [0.717, 1.165) is 0 Å². The normalized spacial score (nSPS) is 11.7. The van der Waals surface area contributed by atoms with Crippen LogP contribution < -0.4 is 0 Å². The van der Waals surface area contributed by atoms with E-state index < -0.39 is 0 Å². The number of unbranched alkanes of at least 4 members (excludes halogenated alkanes) is 35. The van der Waals surface area contributed by atoms with E-state index in [4.69, 9.17) is 0 Å². The number of benzene rings is 1. The topological polar surface area (TPSA) is 0 Å². The Balaban J connectivity index is 3.28. The summed E-state index contributed by atoms with van der Waals surface area (Å²) in [6, 6.07) is 2.85. The van der Waals surface area contributed by atoms with Crippen molar-refractivity contribution in [3.05, 3.63) is 33.9 Å². The molecular weight excluding hydrogens is 673 g/mol. The highest BCUT2D eigenvalue weighted by atomic mass is 14.2. The molecule has 0 aliphatic heterocycles. The maximum atomic E-state index is 2.85. The number of hydrogen-bond acceptors (Lipinski definition) is 0. The Morgan fingerprint density at radius 3 is 0.607 bits per heavy atom. The molecule has 0 saturated heterocycles. The second-order valence-corrected chi connectivity index (χ2v) is 18.8. The van der Waals surface area contributed by atoms with Gasteiger partial charge in [-0.3, -0.25) is 0 Å². The van der Waals surface area contributed by atoms with Crippen molar-refractivity contribution in [1.29, 1.82) is 0 Å². The predicted octanol–water partition coefficient (Wildman–Crippen LogP) is 20.1. The monoisotopic (exact) mass is 779 g/mol. The highest BCUT2D eigenvalue weighted by Gasteiger charge is 2.18. The molecule has 0 radical (unpaired) electrons. The minimum atomic E-state index is 1.34. The van der Waals surface area contributed by atoms with E-state index >= 15 is 0 Å². The first-order valence-electron chi connectivity index (χ1n) is 26.9. The van der Waals surface area contributed by atoms with E-state index in [1.54, 1.807) is 0 Å². The van der Waals surface area contributed by atoms with Crippen molar-refractivity contribution in [2.75, 3.05) is 0 Å². The van der Waals surface area contributed by atoms with Crippen LogP contribution in [0.15, 0.2) is 6.07 Å². The van der Waals surface area contributed by atoms with Crippen LogP contribution in [0.4, 0.5) is 0 Å². The Bertz CT molecular complexity index is 862. The smallest absolute Gasteiger partial charge is 0.0273 e. The fraction of sp³-hybridized carbons (Fsp3) is 0.893. The van der Waals surface area contributed by atoms with E-state index in [-0.39, 0.29) is 0 Å². The average molecular weight is 779 g/mol. The third-order valence-electron chi connectivity index (χ3n) is 13.3. The first kappa shape index (κ1) is 53.2.